The van der Waals surface area contributed by atoms with Gasteiger partial charge in [-0.05, 0) is 25.7 Å². The standard InChI is InChI=1S/C15H22N4O/c1-2-13-17-18-14-9-8-12(10-19(13)14)16-15(20)11-6-4-3-5-7-11/h3-4,11-12H,2,5-10H2,1H3,(H,16,20)/t11-,12+/m0/s1. The van der Waals surface area contributed by atoms with E-state index in [-0.39, 0.29) is 17.9 Å². The number of hydrogen-bond donors (Lipinski definition) is 1. The molecule has 5 heteroatoms. The van der Waals surface area contributed by atoms with Gasteiger partial charge in [-0.2, -0.15) is 0 Å². The Kier molecular flexibility index (Phi) is 3.85. The smallest absolute Gasteiger partial charge is 0.223 e. The maximum Gasteiger partial charge on any atom is 0.223 e. The van der Waals surface area contributed by atoms with Crippen LogP contribution >= 0.6 is 0 Å². The van der Waals surface area contributed by atoms with Crippen LogP contribution in [-0.2, 0) is 24.2 Å². The quantitative estimate of drug-likeness (QED) is 0.852. The summed E-state index contributed by atoms with van der Waals surface area (Å²) in [6.45, 7) is 2.91. The molecule has 1 aromatic rings. The highest BCUT2D eigenvalue weighted by atomic mass is 16.1. The minimum absolute atomic E-state index is 0.160. The van der Waals surface area contributed by atoms with Crippen LogP contribution in [0.15, 0.2) is 12.2 Å². The Bertz CT molecular complexity index is 506. The molecule has 108 valence electrons. The van der Waals surface area contributed by atoms with Gasteiger partial charge in [0.2, 0.25) is 5.91 Å². The number of aryl methyl sites for hydroxylation is 2. The summed E-state index contributed by atoms with van der Waals surface area (Å²) in [6.07, 6.45) is 9.95. The predicted molar refractivity (Wildman–Crippen MR) is 76.1 cm³/mol. The van der Waals surface area contributed by atoms with E-state index in [4.69, 9.17) is 0 Å². The average Bonchev–Trinajstić information content (AvgIpc) is 2.90. The fourth-order valence-electron chi connectivity index (χ4n) is 3.11. The lowest BCUT2D eigenvalue weighted by atomic mass is 9.93. The topological polar surface area (TPSA) is 59.8 Å². The zero-order valence-electron chi connectivity index (χ0n) is 12.0. The second kappa shape index (κ2) is 5.77. The maximum atomic E-state index is 12.3. The van der Waals surface area contributed by atoms with Crippen molar-refractivity contribution < 1.29 is 4.79 Å². The molecule has 20 heavy (non-hydrogen) atoms. The van der Waals surface area contributed by atoms with Crippen molar-refractivity contribution in [3.05, 3.63) is 23.8 Å². The first-order valence-corrected chi connectivity index (χ1v) is 7.64. The summed E-state index contributed by atoms with van der Waals surface area (Å²) >= 11 is 0. The lowest BCUT2D eigenvalue weighted by Crippen LogP contribution is -2.44. The Morgan fingerprint density at radius 3 is 3.05 bits per heavy atom. The van der Waals surface area contributed by atoms with Gasteiger partial charge < -0.3 is 9.88 Å². The molecule has 2 atom stereocenters. The van der Waals surface area contributed by atoms with Crippen LogP contribution in [-0.4, -0.2) is 26.7 Å². The monoisotopic (exact) mass is 274 g/mol. The van der Waals surface area contributed by atoms with E-state index in [1.165, 1.54) is 0 Å². The fraction of sp³-hybridized carbons (Fsp3) is 0.667. The van der Waals surface area contributed by atoms with Crippen molar-refractivity contribution in [3.63, 3.8) is 0 Å². The number of aromatic nitrogens is 3. The Balaban J connectivity index is 1.62. The number of rotatable bonds is 3. The van der Waals surface area contributed by atoms with E-state index in [9.17, 15) is 4.79 Å². The number of carbonyl (C=O) groups is 1. The van der Waals surface area contributed by atoms with Crippen molar-refractivity contribution in [1.29, 1.82) is 0 Å². The van der Waals surface area contributed by atoms with Crippen LogP contribution in [0.1, 0.15) is 44.3 Å². The molecule has 0 saturated heterocycles. The molecular weight excluding hydrogens is 252 g/mol. The molecule has 0 bridgehead atoms. The van der Waals surface area contributed by atoms with Crippen molar-refractivity contribution in [1.82, 2.24) is 20.1 Å². The third-order valence-electron chi connectivity index (χ3n) is 4.33. The SMILES string of the molecule is CCc1nnc2n1C[C@H](NC(=O)[C@H]1CC=CCC1)CC2. The van der Waals surface area contributed by atoms with E-state index in [1.807, 2.05) is 0 Å². The van der Waals surface area contributed by atoms with E-state index in [0.717, 1.165) is 56.7 Å². The van der Waals surface area contributed by atoms with E-state index < -0.39 is 0 Å². The van der Waals surface area contributed by atoms with Gasteiger partial charge in [0, 0.05) is 31.3 Å². The summed E-state index contributed by atoms with van der Waals surface area (Å²) in [5.41, 5.74) is 0. The van der Waals surface area contributed by atoms with Gasteiger partial charge >= 0.3 is 0 Å². The molecule has 1 N–H and O–H groups in total. The van der Waals surface area contributed by atoms with Crippen LogP contribution in [0.25, 0.3) is 0 Å². The molecule has 1 aromatic heterocycles. The molecule has 0 unspecified atom stereocenters. The summed E-state index contributed by atoms with van der Waals surface area (Å²) in [4.78, 5) is 12.3. The molecule has 1 aliphatic heterocycles. The van der Waals surface area contributed by atoms with Gasteiger partial charge in [0.05, 0.1) is 0 Å². The maximum absolute atomic E-state index is 12.3. The summed E-state index contributed by atoms with van der Waals surface area (Å²) < 4.78 is 2.18. The van der Waals surface area contributed by atoms with Crippen molar-refractivity contribution in [2.24, 2.45) is 5.92 Å². The van der Waals surface area contributed by atoms with Crippen LogP contribution in [0.4, 0.5) is 0 Å². The molecule has 0 aromatic carbocycles. The minimum Gasteiger partial charge on any atom is -0.351 e. The molecule has 5 nitrogen and oxygen atoms in total. The van der Waals surface area contributed by atoms with Crippen LogP contribution < -0.4 is 5.32 Å². The van der Waals surface area contributed by atoms with E-state index in [0.29, 0.717) is 0 Å². The van der Waals surface area contributed by atoms with E-state index in [2.05, 4.69) is 39.2 Å². The Hall–Kier alpha value is -1.65. The number of hydrogen-bond acceptors (Lipinski definition) is 3. The third kappa shape index (κ3) is 2.62. The zero-order chi connectivity index (χ0) is 13.9. The first-order chi connectivity index (χ1) is 9.78. The van der Waals surface area contributed by atoms with Crippen LogP contribution in [0.2, 0.25) is 0 Å². The predicted octanol–water partition coefficient (Wildman–Crippen LogP) is 1.63. The number of fused-ring (bicyclic) bond motifs is 1. The van der Waals surface area contributed by atoms with Gasteiger partial charge in [-0.15, -0.1) is 10.2 Å². The van der Waals surface area contributed by atoms with Gasteiger partial charge in [-0.3, -0.25) is 4.79 Å². The van der Waals surface area contributed by atoms with Crippen molar-refractivity contribution in [2.45, 2.75) is 58.0 Å². The molecule has 1 aliphatic carbocycles. The molecule has 1 amide bonds. The molecule has 2 aliphatic rings. The van der Waals surface area contributed by atoms with Crippen molar-refractivity contribution >= 4 is 5.91 Å². The number of allylic oxidation sites excluding steroid dienone is 2. The Labute approximate surface area is 119 Å². The second-order valence-electron chi connectivity index (χ2n) is 5.72. The molecular formula is C15H22N4O. The molecule has 3 rings (SSSR count). The first kappa shape index (κ1) is 13.3. The van der Waals surface area contributed by atoms with Crippen LogP contribution in [0.5, 0.6) is 0 Å². The Morgan fingerprint density at radius 1 is 1.40 bits per heavy atom. The fourth-order valence-corrected chi connectivity index (χ4v) is 3.11. The first-order valence-electron chi connectivity index (χ1n) is 7.64. The van der Waals surface area contributed by atoms with Crippen molar-refractivity contribution in [3.8, 4) is 0 Å². The largest absolute Gasteiger partial charge is 0.351 e. The molecule has 0 radical (unpaired) electrons. The summed E-state index contributed by atoms with van der Waals surface area (Å²) in [6, 6.07) is 0.224. The molecule has 0 fully saturated rings. The number of nitrogens with one attached hydrogen (secondary N) is 1. The number of amides is 1. The minimum atomic E-state index is 0.160. The molecule has 2 heterocycles. The van der Waals surface area contributed by atoms with Crippen LogP contribution in [0.3, 0.4) is 0 Å². The Morgan fingerprint density at radius 2 is 2.30 bits per heavy atom. The molecule has 0 saturated carbocycles. The van der Waals surface area contributed by atoms with Gasteiger partial charge in [-0.1, -0.05) is 19.1 Å². The normalized spacial score (nSPS) is 25.2. The van der Waals surface area contributed by atoms with Gasteiger partial charge in [0.1, 0.15) is 11.6 Å². The summed E-state index contributed by atoms with van der Waals surface area (Å²) in [7, 11) is 0. The van der Waals surface area contributed by atoms with Gasteiger partial charge in [0.15, 0.2) is 0 Å². The highest BCUT2D eigenvalue weighted by Crippen LogP contribution is 2.20. The second-order valence-corrected chi connectivity index (χ2v) is 5.72. The lowest BCUT2D eigenvalue weighted by Gasteiger charge is -2.27. The molecule has 0 spiro atoms. The lowest BCUT2D eigenvalue weighted by molar-refractivity contribution is -0.126. The summed E-state index contributed by atoms with van der Waals surface area (Å²) in [5.74, 6) is 2.47. The number of carbonyl (C=O) groups excluding carboxylic acids is 1. The van der Waals surface area contributed by atoms with Crippen molar-refractivity contribution in [2.75, 3.05) is 0 Å². The van der Waals surface area contributed by atoms with Gasteiger partial charge in [-0.25, -0.2) is 0 Å². The number of nitrogens with zero attached hydrogens (tertiary/aromatic N) is 3. The average molecular weight is 274 g/mol. The van der Waals surface area contributed by atoms with Crippen LogP contribution in [0, 0.1) is 5.92 Å². The summed E-state index contributed by atoms with van der Waals surface area (Å²) in [5, 5.41) is 11.7. The zero-order valence-corrected chi connectivity index (χ0v) is 12.0. The highest BCUT2D eigenvalue weighted by Gasteiger charge is 2.26. The van der Waals surface area contributed by atoms with E-state index >= 15 is 0 Å². The van der Waals surface area contributed by atoms with Gasteiger partial charge in [0.25, 0.3) is 0 Å². The third-order valence-corrected chi connectivity index (χ3v) is 4.33. The highest BCUT2D eigenvalue weighted by molar-refractivity contribution is 5.79. The van der Waals surface area contributed by atoms with E-state index in [1.54, 1.807) is 0 Å².